The van der Waals surface area contributed by atoms with Crippen LogP contribution in [-0.2, 0) is 0 Å². The van der Waals surface area contributed by atoms with Crippen LogP contribution in [0.2, 0.25) is 0 Å². The van der Waals surface area contributed by atoms with Gasteiger partial charge in [0.1, 0.15) is 0 Å². The first-order valence-electron chi connectivity index (χ1n) is 1.80. The number of rotatable bonds is 1. The molecule has 7 heavy (non-hydrogen) atoms. The van der Waals surface area contributed by atoms with Gasteiger partial charge in [-0.3, -0.25) is 5.32 Å². The van der Waals surface area contributed by atoms with Gasteiger partial charge in [0.25, 0.3) is 0 Å². The van der Waals surface area contributed by atoms with Gasteiger partial charge < -0.3 is 4.52 Å². The van der Waals surface area contributed by atoms with Gasteiger partial charge in [-0.05, 0) is 0 Å². The molecular weight excluding hydrogens is 94.1 g/mol. The predicted molar refractivity (Wildman–Crippen MR) is 22.0 cm³/mol. The lowest BCUT2D eigenvalue weighted by atomic mass is 10.8. The molecule has 0 aliphatic carbocycles. The number of nitrogens with zero attached hydrogens (tertiary/aromatic N) is 3. The van der Waals surface area contributed by atoms with Crippen LogP contribution in [0.5, 0.6) is 0 Å². The van der Waals surface area contributed by atoms with Crippen molar-refractivity contribution in [3.8, 4) is 0 Å². The zero-order valence-corrected chi connectivity index (χ0v) is 3.83. The van der Waals surface area contributed by atoms with Crippen molar-refractivity contribution in [2.24, 2.45) is 0 Å². The lowest BCUT2D eigenvalue weighted by molar-refractivity contribution is 0.393. The Morgan fingerprint density at radius 3 is 3.00 bits per heavy atom. The average molecular weight is 98.1 g/mol. The fourth-order valence-electron chi connectivity index (χ4n) is 0.257. The number of hydrogen-bond donors (Lipinski definition) is 0. The molecule has 1 aromatic heterocycles. The van der Waals surface area contributed by atoms with Crippen molar-refractivity contribution in [3.05, 3.63) is 6.26 Å². The summed E-state index contributed by atoms with van der Waals surface area (Å²) in [6.45, 7) is 0. The van der Waals surface area contributed by atoms with Crippen molar-refractivity contribution in [2.75, 3.05) is 7.05 Å². The van der Waals surface area contributed by atoms with Crippen molar-refractivity contribution in [1.82, 2.24) is 15.7 Å². The van der Waals surface area contributed by atoms with Crippen LogP contribution in [0, 0.1) is 0 Å². The molecule has 37 valence electrons. The minimum Gasteiger partial charge on any atom is -0.343 e. The third-order valence-corrected chi connectivity index (χ3v) is 0.578. The van der Waals surface area contributed by atoms with E-state index in [1.54, 1.807) is 7.05 Å². The molecule has 0 aromatic carbocycles. The standard InChI is InChI=1S/C3H4N3O/c1-4-3-2-7-6-5-3/h2H,1H3. The minimum absolute atomic E-state index is 0.528. The highest BCUT2D eigenvalue weighted by atomic mass is 16.5. The highest BCUT2D eigenvalue weighted by molar-refractivity contribution is 5.13. The molecule has 0 saturated carbocycles. The first-order valence-corrected chi connectivity index (χ1v) is 1.80. The molecule has 1 radical (unpaired) electrons. The molecule has 0 atom stereocenters. The second-order valence-corrected chi connectivity index (χ2v) is 0.987. The molecule has 0 bridgehead atoms. The van der Waals surface area contributed by atoms with Crippen LogP contribution in [0.1, 0.15) is 0 Å². The zero-order chi connectivity index (χ0) is 5.11. The molecule has 4 nitrogen and oxygen atoms in total. The molecule has 4 heteroatoms. The van der Waals surface area contributed by atoms with Crippen LogP contribution >= 0.6 is 0 Å². The van der Waals surface area contributed by atoms with Crippen LogP contribution in [0.15, 0.2) is 10.8 Å². The molecular formula is C3H4N3O. The normalized spacial score (nSPS) is 8.71. The van der Waals surface area contributed by atoms with Gasteiger partial charge in [-0.25, -0.2) is 0 Å². The topological polar surface area (TPSA) is 53.0 Å². The largest absolute Gasteiger partial charge is 0.343 e. The van der Waals surface area contributed by atoms with E-state index in [2.05, 4.69) is 20.2 Å². The fourth-order valence-corrected chi connectivity index (χ4v) is 0.257. The van der Waals surface area contributed by atoms with Gasteiger partial charge >= 0.3 is 0 Å². The van der Waals surface area contributed by atoms with Gasteiger partial charge in [0.15, 0.2) is 6.26 Å². The molecule has 1 heterocycles. The summed E-state index contributed by atoms with van der Waals surface area (Å²) in [5.74, 6) is 0.528. The van der Waals surface area contributed by atoms with E-state index < -0.39 is 0 Å². The molecule has 1 rings (SSSR count). The van der Waals surface area contributed by atoms with Gasteiger partial charge in [-0.1, -0.05) is 5.10 Å². The van der Waals surface area contributed by atoms with Crippen molar-refractivity contribution in [3.63, 3.8) is 0 Å². The minimum atomic E-state index is 0.528. The third-order valence-electron chi connectivity index (χ3n) is 0.578. The maximum atomic E-state index is 4.35. The van der Waals surface area contributed by atoms with Crippen LogP contribution in [0.4, 0.5) is 5.82 Å². The van der Waals surface area contributed by atoms with E-state index in [1.165, 1.54) is 6.26 Å². The molecule has 0 saturated heterocycles. The summed E-state index contributed by atoms with van der Waals surface area (Å²) in [5.41, 5.74) is 0. The maximum absolute atomic E-state index is 4.35. The molecule has 1 aromatic rings. The Bertz CT molecular complexity index is 125. The molecule has 0 unspecified atom stereocenters. The lowest BCUT2D eigenvalue weighted by Gasteiger charge is -1.75. The first kappa shape index (κ1) is 4.11. The molecule has 0 aliphatic rings. The van der Waals surface area contributed by atoms with Gasteiger partial charge in [-0.15, -0.1) is 0 Å². The predicted octanol–water partition coefficient (Wildman–Crippen LogP) is -0.0647. The van der Waals surface area contributed by atoms with E-state index in [4.69, 9.17) is 0 Å². The van der Waals surface area contributed by atoms with Gasteiger partial charge in [0, 0.05) is 12.3 Å². The number of aromatic nitrogens is 2. The van der Waals surface area contributed by atoms with Crippen molar-refractivity contribution in [2.45, 2.75) is 0 Å². The summed E-state index contributed by atoms with van der Waals surface area (Å²) in [6.07, 6.45) is 1.38. The summed E-state index contributed by atoms with van der Waals surface area (Å²) in [6, 6.07) is 0. The molecule has 0 amide bonds. The summed E-state index contributed by atoms with van der Waals surface area (Å²) in [4.78, 5) is 0. The average Bonchev–Trinajstić information content (AvgIpc) is 2.14. The van der Waals surface area contributed by atoms with Crippen molar-refractivity contribution < 1.29 is 4.52 Å². The second kappa shape index (κ2) is 1.59. The Morgan fingerprint density at radius 1 is 1.86 bits per heavy atom. The van der Waals surface area contributed by atoms with Crippen molar-refractivity contribution in [1.29, 1.82) is 0 Å². The quantitative estimate of drug-likeness (QED) is 0.494. The number of hydrogen-bond acceptors (Lipinski definition) is 3. The Labute approximate surface area is 40.5 Å². The Morgan fingerprint density at radius 2 is 2.71 bits per heavy atom. The van der Waals surface area contributed by atoms with Crippen LogP contribution in [0.3, 0.4) is 0 Å². The van der Waals surface area contributed by atoms with Gasteiger partial charge in [-0.2, -0.15) is 0 Å². The summed E-state index contributed by atoms with van der Waals surface area (Å²) in [7, 11) is 1.62. The zero-order valence-electron chi connectivity index (χ0n) is 3.83. The van der Waals surface area contributed by atoms with Crippen LogP contribution in [0.25, 0.3) is 0 Å². The highest BCUT2D eigenvalue weighted by Crippen LogP contribution is 1.93. The van der Waals surface area contributed by atoms with E-state index in [0.717, 1.165) is 0 Å². The molecule has 0 spiro atoms. The van der Waals surface area contributed by atoms with Crippen LogP contribution < -0.4 is 5.32 Å². The van der Waals surface area contributed by atoms with Gasteiger partial charge in [0.2, 0.25) is 5.82 Å². The van der Waals surface area contributed by atoms with Crippen LogP contribution in [-0.4, -0.2) is 17.4 Å². The van der Waals surface area contributed by atoms with Crippen molar-refractivity contribution >= 4 is 5.82 Å². The Balaban J connectivity index is 2.76. The second-order valence-electron chi connectivity index (χ2n) is 0.987. The summed E-state index contributed by atoms with van der Waals surface area (Å²) < 4.78 is 4.35. The summed E-state index contributed by atoms with van der Waals surface area (Å²) >= 11 is 0. The smallest absolute Gasteiger partial charge is 0.211 e. The summed E-state index contributed by atoms with van der Waals surface area (Å²) in [5, 5.41) is 10.3. The highest BCUT2D eigenvalue weighted by Gasteiger charge is 1.88. The fraction of sp³-hybridized carbons (Fsp3) is 0.333. The van der Waals surface area contributed by atoms with E-state index in [1.807, 2.05) is 0 Å². The SMILES string of the molecule is C[N]c1conn1. The first-order chi connectivity index (χ1) is 3.43. The third kappa shape index (κ3) is 0.677. The van der Waals surface area contributed by atoms with E-state index in [0.29, 0.717) is 5.82 Å². The van der Waals surface area contributed by atoms with Gasteiger partial charge in [0.05, 0.1) is 0 Å². The Kier molecular flexibility index (Phi) is 0.934. The Hall–Kier alpha value is -1.06. The molecule has 0 fully saturated rings. The molecule has 0 aliphatic heterocycles. The maximum Gasteiger partial charge on any atom is 0.211 e. The monoisotopic (exact) mass is 98.0 g/mol. The van der Waals surface area contributed by atoms with E-state index in [9.17, 15) is 0 Å². The lowest BCUT2D eigenvalue weighted by Crippen LogP contribution is -1.84. The molecule has 0 N–H and O–H groups in total. The van der Waals surface area contributed by atoms with E-state index in [-0.39, 0.29) is 0 Å². The van der Waals surface area contributed by atoms with E-state index >= 15 is 0 Å².